The summed E-state index contributed by atoms with van der Waals surface area (Å²) in [5.74, 6) is 0.491. The van der Waals surface area contributed by atoms with E-state index < -0.39 is 0 Å². The highest BCUT2D eigenvalue weighted by atomic mass is 16.5. The van der Waals surface area contributed by atoms with Crippen LogP contribution in [0.3, 0.4) is 0 Å². The molecule has 3 N–H and O–H groups in total. The first-order chi connectivity index (χ1) is 9.56. The van der Waals surface area contributed by atoms with E-state index in [2.05, 4.69) is 5.32 Å². The Balaban J connectivity index is 1.95. The van der Waals surface area contributed by atoms with Crippen molar-refractivity contribution in [1.29, 1.82) is 0 Å². The van der Waals surface area contributed by atoms with E-state index in [-0.39, 0.29) is 12.5 Å². The Morgan fingerprint density at radius 2 is 1.85 bits per heavy atom. The summed E-state index contributed by atoms with van der Waals surface area (Å²) in [6.45, 7) is 3.78. The number of rotatable bonds is 4. The molecule has 1 amide bonds. The SMILES string of the molecule is Cc1cc(OCC(=O)Nc2ccccc2)c(C)cc1N. The lowest BCUT2D eigenvalue weighted by molar-refractivity contribution is -0.118. The molecule has 0 bridgehead atoms. The Bertz CT molecular complexity index is 609. The molecule has 0 unspecified atom stereocenters. The third kappa shape index (κ3) is 3.51. The predicted molar refractivity (Wildman–Crippen MR) is 80.9 cm³/mol. The molecule has 0 aromatic heterocycles. The molecular formula is C16H18N2O2. The number of nitrogens with two attached hydrogens (primary N) is 1. The lowest BCUT2D eigenvalue weighted by atomic mass is 10.1. The van der Waals surface area contributed by atoms with Gasteiger partial charge >= 0.3 is 0 Å². The van der Waals surface area contributed by atoms with Gasteiger partial charge in [0.15, 0.2) is 6.61 Å². The van der Waals surface area contributed by atoms with Gasteiger partial charge in [-0.25, -0.2) is 0 Å². The van der Waals surface area contributed by atoms with Gasteiger partial charge in [-0.3, -0.25) is 4.79 Å². The quantitative estimate of drug-likeness (QED) is 0.840. The second-order valence-electron chi connectivity index (χ2n) is 4.68. The van der Waals surface area contributed by atoms with Crippen LogP contribution >= 0.6 is 0 Å². The highest BCUT2D eigenvalue weighted by molar-refractivity contribution is 5.91. The van der Waals surface area contributed by atoms with E-state index in [1.807, 2.05) is 56.3 Å². The highest BCUT2D eigenvalue weighted by Crippen LogP contribution is 2.24. The van der Waals surface area contributed by atoms with Gasteiger partial charge in [-0.05, 0) is 49.2 Å². The lowest BCUT2D eigenvalue weighted by Gasteiger charge is -2.11. The fourth-order valence-corrected chi connectivity index (χ4v) is 1.83. The largest absolute Gasteiger partial charge is 0.483 e. The number of nitrogen functional groups attached to an aromatic ring is 1. The number of anilines is 2. The molecule has 2 rings (SSSR count). The van der Waals surface area contributed by atoms with Crippen molar-refractivity contribution in [1.82, 2.24) is 0 Å². The van der Waals surface area contributed by atoms with Gasteiger partial charge in [-0.1, -0.05) is 18.2 Å². The monoisotopic (exact) mass is 270 g/mol. The summed E-state index contributed by atoms with van der Waals surface area (Å²) in [5, 5.41) is 2.77. The van der Waals surface area contributed by atoms with E-state index in [0.717, 1.165) is 22.5 Å². The van der Waals surface area contributed by atoms with Gasteiger partial charge in [-0.2, -0.15) is 0 Å². The first-order valence-corrected chi connectivity index (χ1v) is 6.40. The van der Waals surface area contributed by atoms with E-state index in [4.69, 9.17) is 10.5 Å². The molecule has 2 aromatic rings. The first-order valence-electron chi connectivity index (χ1n) is 6.40. The molecule has 0 aliphatic rings. The van der Waals surface area contributed by atoms with Crippen molar-refractivity contribution < 1.29 is 9.53 Å². The number of nitrogens with one attached hydrogen (secondary N) is 1. The van der Waals surface area contributed by atoms with Gasteiger partial charge in [0, 0.05) is 11.4 Å². The molecule has 104 valence electrons. The Labute approximate surface area is 118 Å². The highest BCUT2D eigenvalue weighted by Gasteiger charge is 2.07. The van der Waals surface area contributed by atoms with Crippen LogP contribution in [0, 0.1) is 13.8 Å². The number of amides is 1. The van der Waals surface area contributed by atoms with Crippen molar-refractivity contribution in [3.63, 3.8) is 0 Å². The number of ether oxygens (including phenoxy) is 1. The maximum absolute atomic E-state index is 11.8. The summed E-state index contributed by atoms with van der Waals surface area (Å²) in [7, 11) is 0. The van der Waals surface area contributed by atoms with Crippen LogP contribution in [0.4, 0.5) is 11.4 Å². The van der Waals surface area contributed by atoms with Crippen molar-refractivity contribution in [3.8, 4) is 5.75 Å². The van der Waals surface area contributed by atoms with Crippen LogP contribution in [0.2, 0.25) is 0 Å². The van der Waals surface area contributed by atoms with Crippen molar-refractivity contribution in [2.75, 3.05) is 17.7 Å². The van der Waals surface area contributed by atoms with Crippen molar-refractivity contribution in [2.45, 2.75) is 13.8 Å². The van der Waals surface area contributed by atoms with Crippen molar-refractivity contribution in [2.24, 2.45) is 0 Å². The minimum atomic E-state index is -0.190. The second-order valence-corrected chi connectivity index (χ2v) is 4.68. The smallest absolute Gasteiger partial charge is 0.262 e. The zero-order valence-electron chi connectivity index (χ0n) is 11.6. The first kappa shape index (κ1) is 13.9. The van der Waals surface area contributed by atoms with Gasteiger partial charge in [-0.15, -0.1) is 0 Å². The zero-order chi connectivity index (χ0) is 14.5. The number of hydrogen-bond donors (Lipinski definition) is 2. The van der Waals surface area contributed by atoms with Gasteiger partial charge in [0.25, 0.3) is 5.91 Å². The van der Waals surface area contributed by atoms with E-state index >= 15 is 0 Å². The molecule has 0 aliphatic carbocycles. The predicted octanol–water partition coefficient (Wildman–Crippen LogP) is 2.90. The van der Waals surface area contributed by atoms with E-state index in [9.17, 15) is 4.79 Å². The summed E-state index contributed by atoms with van der Waals surface area (Å²) >= 11 is 0. The normalized spacial score (nSPS) is 10.1. The van der Waals surface area contributed by atoms with E-state index in [0.29, 0.717) is 5.75 Å². The number of aryl methyl sites for hydroxylation is 2. The molecule has 0 atom stereocenters. The summed E-state index contributed by atoms with van der Waals surface area (Å²) in [6.07, 6.45) is 0. The van der Waals surface area contributed by atoms with Crippen LogP contribution in [-0.4, -0.2) is 12.5 Å². The molecular weight excluding hydrogens is 252 g/mol. The fourth-order valence-electron chi connectivity index (χ4n) is 1.83. The summed E-state index contributed by atoms with van der Waals surface area (Å²) in [4.78, 5) is 11.8. The molecule has 0 heterocycles. The molecule has 20 heavy (non-hydrogen) atoms. The molecule has 0 radical (unpaired) electrons. The second kappa shape index (κ2) is 6.10. The van der Waals surface area contributed by atoms with E-state index in [1.54, 1.807) is 0 Å². The van der Waals surface area contributed by atoms with Crippen LogP contribution in [0.1, 0.15) is 11.1 Å². The molecule has 4 nitrogen and oxygen atoms in total. The number of benzene rings is 2. The molecule has 4 heteroatoms. The molecule has 0 fully saturated rings. The summed E-state index contributed by atoms with van der Waals surface area (Å²) in [5.41, 5.74) is 9.15. The minimum Gasteiger partial charge on any atom is -0.483 e. The molecule has 0 saturated carbocycles. The molecule has 0 aliphatic heterocycles. The van der Waals surface area contributed by atoms with Crippen LogP contribution in [0.5, 0.6) is 5.75 Å². The Hall–Kier alpha value is -2.49. The van der Waals surface area contributed by atoms with E-state index in [1.165, 1.54) is 0 Å². The molecule has 0 spiro atoms. The zero-order valence-corrected chi connectivity index (χ0v) is 11.6. The fraction of sp³-hybridized carbons (Fsp3) is 0.188. The Morgan fingerprint density at radius 3 is 2.55 bits per heavy atom. The molecule has 0 saturated heterocycles. The van der Waals surface area contributed by atoms with Gasteiger partial charge in [0.2, 0.25) is 0 Å². The third-order valence-corrected chi connectivity index (χ3v) is 2.98. The maximum Gasteiger partial charge on any atom is 0.262 e. The average Bonchev–Trinajstić information content (AvgIpc) is 2.42. The number of carbonyl (C=O) groups is 1. The number of para-hydroxylation sites is 1. The minimum absolute atomic E-state index is 0.0287. The van der Waals surface area contributed by atoms with Crippen LogP contribution in [-0.2, 0) is 4.79 Å². The molecule has 2 aromatic carbocycles. The van der Waals surface area contributed by atoms with Crippen LogP contribution < -0.4 is 15.8 Å². The number of hydrogen-bond acceptors (Lipinski definition) is 3. The maximum atomic E-state index is 11.8. The van der Waals surface area contributed by atoms with Crippen LogP contribution in [0.25, 0.3) is 0 Å². The topological polar surface area (TPSA) is 64.3 Å². The standard InChI is InChI=1S/C16H18N2O2/c1-11-9-15(12(2)8-14(11)17)20-10-16(19)18-13-6-4-3-5-7-13/h3-9H,10,17H2,1-2H3,(H,18,19). The van der Waals surface area contributed by atoms with Gasteiger partial charge in [0.05, 0.1) is 0 Å². The lowest BCUT2D eigenvalue weighted by Crippen LogP contribution is -2.20. The number of carbonyl (C=O) groups excluding carboxylic acids is 1. The van der Waals surface area contributed by atoms with Crippen LogP contribution in [0.15, 0.2) is 42.5 Å². The Morgan fingerprint density at radius 1 is 1.15 bits per heavy atom. The average molecular weight is 270 g/mol. The Kier molecular flexibility index (Phi) is 4.25. The van der Waals surface area contributed by atoms with Gasteiger partial charge < -0.3 is 15.8 Å². The van der Waals surface area contributed by atoms with Gasteiger partial charge in [0.1, 0.15) is 5.75 Å². The van der Waals surface area contributed by atoms with Crippen molar-refractivity contribution in [3.05, 3.63) is 53.6 Å². The summed E-state index contributed by atoms with van der Waals surface area (Å²) < 4.78 is 5.54. The summed E-state index contributed by atoms with van der Waals surface area (Å²) in [6, 6.07) is 13.0. The third-order valence-electron chi connectivity index (χ3n) is 2.98. The van der Waals surface area contributed by atoms with Crippen molar-refractivity contribution >= 4 is 17.3 Å².